The molecule has 0 aliphatic heterocycles. The molecule has 0 spiro atoms. The third-order valence-electron chi connectivity index (χ3n) is 3.22. The van der Waals surface area contributed by atoms with E-state index in [1.54, 1.807) is 7.11 Å². The van der Waals surface area contributed by atoms with Gasteiger partial charge in [0.15, 0.2) is 0 Å². The average molecular weight is 280 g/mol. The number of carboxylic acid groups (broad SMARTS) is 1. The Kier molecular flexibility index (Phi) is 7.73. The lowest BCUT2D eigenvalue weighted by Gasteiger charge is -2.13. The van der Waals surface area contributed by atoms with Crippen molar-refractivity contribution in [1.29, 1.82) is 0 Å². The van der Waals surface area contributed by atoms with Crippen LogP contribution in [-0.4, -0.2) is 31.4 Å². The minimum absolute atomic E-state index is 0.413. The van der Waals surface area contributed by atoms with Crippen LogP contribution in [0.2, 0.25) is 0 Å². The second-order valence-electron chi connectivity index (χ2n) is 4.85. The van der Waals surface area contributed by atoms with E-state index in [-0.39, 0.29) is 0 Å². The van der Waals surface area contributed by atoms with Gasteiger partial charge in [0.05, 0.1) is 13.0 Å². The van der Waals surface area contributed by atoms with Gasteiger partial charge in [-0.15, -0.1) is 0 Å². The molecule has 0 aliphatic carbocycles. The van der Waals surface area contributed by atoms with E-state index >= 15 is 0 Å². The standard InChI is InChI=1S/C16H24O4/c1-3-4-9-20-10-8-14(16(17)18)11-13-6-5-7-15(12-13)19-2/h5-7,12,14H,3-4,8-11H2,1-2H3,(H,17,18). The molecule has 0 aliphatic rings. The maximum absolute atomic E-state index is 11.3. The van der Waals surface area contributed by atoms with Crippen molar-refractivity contribution in [2.45, 2.75) is 32.6 Å². The average Bonchev–Trinajstić information content (AvgIpc) is 2.45. The summed E-state index contributed by atoms with van der Waals surface area (Å²) in [6.07, 6.45) is 3.15. The fourth-order valence-electron chi connectivity index (χ4n) is 1.97. The first-order valence-electron chi connectivity index (χ1n) is 7.10. The number of hydrogen-bond donors (Lipinski definition) is 1. The summed E-state index contributed by atoms with van der Waals surface area (Å²) in [4.78, 5) is 11.3. The number of hydrogen-bond acceptors (Lipinski definition) is 3. The van der Waals surface area contributed by atoms with E-state index in [0.29, 0.717) is 26.1 Å². The number of rotatable bonds is 10. The van der Waals surface area contributed by atoms with Crippen molar-refractivity contribution < 1.29 is 19.4 Å². The van der Waals surface area contributed by atoms with Crippen LogP contribution < -0.4 is 4.74 Å². The van der Waals surface area contributed by atoms with Crippen LogP contribution in [0.4, 0.5) is 0 Å². The molecular formula is C16H24O4. The highest BCUT2D eigenvalue weighted by Crippen LogP contribution is 2.18. The lowest BCUT2D eigenvalue weighted by molar-refractivity contribution is -0.142. The molecule has 4 heteroatoms. The van der Waals surface area contributed by atoms with Crippen LogP contribution in [0.1, 0.15) is 31.7 Å². The van der Waals surface area contributed by atoms with Gasteiger partial charge in [0.2, 0.25) is 0 Å². The summed E-state index contributed by atoms with van der Waals surface area (Å²) >= 11 is 0. The Labute approximate surface area is 120 Å². The Hall–Kier alpha value is -1.55. The topological polar surface area (TPSA) is 55.8 Å². The van der Waals surface area contributed by atoms with Crippen molar-refractivity contribution in [1.82, 2.24) is 0 Å². The Bertz CT molecular complexity index is 403. The van der Waals surface area contributed by atoms with E-state index in [2.05, 4.69) is 6.92 Å². The highest BCUT2D eigenvalue weighted by Gasteiger charge is 2.18. The Morgan fingerprint density at radius 1 is 1.35 bits per heavy atom. The number of ether oxygens (including phenoxy) is 2. The molecule has 0 heterocycles. The van der Waals surface area contributed by atoms with Gasteiger partial charge in [0.1, 0.15) is 5.75 Å². The summed E-state index contributed by atoms with van der Waals surface area (Å²) in [6.45, 7) is 3.31. The van der Waals surface area contributed by atoms with E-state index in [0.717, 1.165) is 24.2 Å². The molecule has 1 aromatic carbocycles. The molecule has 20 heavy (non-hydrogen) atoms. The van der Waals surface area contributed by atoms with Crippen molar-refractivity contribution in [2.24, 2.45) is 5.92 Å². The number of methoxy groups -OCH3 is 1. The molecule has 1 N–H and O–H groups in total. The third kappa shape index (κ3) is 6.06. The molecule has 0 amide bonds. The van der Waals surface area contributed by atoms with Crippen molar-refractivity contribution in [2.75, 3.05) is 20.3 Å². The maximum atomic E-state index is 11.3. The molecular weight excluding hydrogens is 256 g/mol. The van der Waals surface area contributed by atoms with Gasteiger partial charge in [0, 0.05) is 13.2 Å². The minimum atomic E-state index is -0.771. The molecule has 0 saturated carbocycles. The maximum Gasteiger partial charge on any atom is 0.306 e. The summed E-state index contributed by atoms with van der Waals surface area (Å²) in [5.74, 6) is -0.429. The number of aliphatic carboxylic acids is 1. The van der Waals surface area contributed by atoms with E-state index < -0.39 is 11.9 Å². The van der Waals surface area contributed by atoms with E-state index in [9.17, 15) is 9.90 Å². The minimum Gasteiger partial charge on any atom is -0.497 e. The second kappa shape index (κ2) is 9.37. The van der Waals surface area contributed by atoms with Crippen LogP contribution in [-0.2, 0) is 16.0 Å². The van der Waals surface area contributed by atoms with Gasteiger partial charge in [-0.3, -0.25) is 4.79 Å². The van der Waals surface area contributed by atoms with Gasteiger partial charge in [0.25, 0.3) is 0 Å². The zero-order valence-corrected chi connectivity index (χ0v) is 12.3. The fraction of sp³-hybridized carbons (Fsp3) is 0.562. The molecule has 0 fully saturated rings. The first-order valence-corrected chi connectivity index (χ1v) is 7.10. The van der Waals surface area contributed by atoms with Crippen LogP contribution in [0.15, 0.2) is 24.3 Å². The number of carboxylic acids is 1. The zero-order valence-electron chi connectivity index (χ0n) is 12.3. The van der Waals surface area contributed by atoms with Gasteiger partial charge < -0.3 is 14.6 Å². The van der Waals surface area contributed by atoms with E-state index in [4.69, 9.17) is 9.47 Å². The van der Waals surface area contributed by atoms with E-state index in [1.165, 1.54) is 0 Å². The number of carbonyl (C=O) groups is 1. The zero-order chi connectivity index (χ0) is 14.8. The van der Waals surface area contributed by atoms with Gasteiger partial charge in [-0.05, 0) is 37.0 Å². The normalized spacial score (nSPS) is 12.1. The smallest absolute Gasteiger partial charge is 0.306 e. The number of unbranched alkanes of at least 4 members (excludes halogenated alkanes) is 1. The van der Waals surface area contributed by atoms with Crippen LogP contribution in [0, 0.1) is 5.92 Å². The number of benzene rings is 1. The molecule has 0 bridgehead atoms. The fourth-order valence-corrected chi connectivity index (χ4v) is 1.97. The van der Waals surface area contributed by atoms with Crippen molar-refractivity contribution in [3.05, 3.63) is 29.8 Å². The van der Waals surface area contributed by atoms with Gasteiger partial charge in [-0.1, -0.05) is 25.5 Å². The molecule has 1 rings (SSSR count). The van der Waals surface area contributed by atoms with Crippen LogP contribution in [0.3, 0.4) is 0 Å². The second-order valence-corrected chi connectivity index (χ2v) is 4.85. The largest absolute Gasteiger partial charge is 0.497 e. The van der Waals surface area contributed by atoms with Crippen LogP contribution >= 0.6 is 0 Å². The Balaban J connectivity index is 2.47. The lowest BCUT2D eigenvalue weighted by atomic mass is 9.96. The van der Waals surface area contributed by atoms with Gasteiger partial charge in [-0.25, -0.2) is 0 Å². The molecule has 1 atom stereocenters. The van der Waals surface area contributed by atoms with Gasteiger partial charge in [-0.2, -0.15) is 0 Å². The summed E-state index contributed by atoms with van der Waals surface area (Å²) in [5, 5.41) is 9.28. The quantitative estimate of drug-likeness (QED) is 0.669. The van der Waals surface area contributed by atoms with Crippen LogP contribution in [0.25, 0.3) is 0 Å². The predicted molar refractivity (Wildman–Crippen MR) is 78.2 cm³/mol. The highest BCUT2D eigenvalue weighted by molar-refractivity contribution is 5.70. The van der Waals surface area contributed by atoms with Crippen molar-refractivity contribution >= 4 is 5.97 Å². The van der Waals surface area contributed by atoms with Crippen LogP contribution in [0.5, 0.6) is 5.75 Å². The molecule has 4 nitrogen and oxygen atoms in total. The molecule has 112 valence electrons. The first-order chi connectivity index (χ1) is 9.67. The summed E-state index contributed by atoms with van der Waals surface area (Å²) < 4.78 is 10.6. The summed E-state index contributed by atoms with van der Waals surface area (Å²) in [7, 11) is 1.61. The SMILES string of the molecule is CCCCOCCC(Cc1cccc(OC)c1)C(=O)O. The Morgan fingerprint density at radius 3 is 2.80 bits per heavy atom. The summed E-state index contributed by atoms with van der Waals surface area (Å²) in [6, 6.07) is 7.54. The molecule has 0 aromatic heterocycles. The molecule has 1 aromatic rings. The van der Waals surface area contributed by atoms with E-state index in [1.807, 2.05) is 24.3 Å². The van der Waals surface area contributed by atoms with Gasteiger partial charge >= 0.3 is 5.97 Å². The third-order valence-corrected chi connectivity index (χ3v) is 3.22. The predicted octanol–water partition coefficient (Wildman–Crippen LogP) is 3.15. The van der Waals surface area contributed by atoms with Crippen molar-refractivity contribution in [3.8, 4) is 5.75 Å². The highest BCUT2D eigenvalue weighted by atomic mass is 16.5. The van der Waals surface area contributed by atoms with Crippen molar-refractivity contribution in [3.63, 3.8) is 0 Å². The summed E-state index contributed by atoms with van der Waals surface area (Å²) in [5.41, 5.74) is 0.977. The lowest BCUT2D eigenvalue weighted by Crippen LogP contribution is -2.18. The Morgan fingerprint density at radius 2 is 2.15 bits per heavy atom. The first kappa shape index (κ1) is 16.5. The monoisotopic (exact) mass is 280 g/mol. The molecule has 1 unspecified atom stereocenters. The molecule has 0 radical (unpaired) electrons. The molecule has 0 saturated heterocycles.